The van der Waals surface area contributed by atoms with Crippen LogP contribution in [-0.2, 0) is 11.2 Å². The van der Waals surface area contributed by atoms with Gasteiger partial charge in [0, 0.05) is 6.54 Å². The van der Waals surface area contributed by atoms with Gasteiger partial charge in [-0.1, -0.05) is 48.2 Å². The molecule has 1 amide bonds. The largest absolute Gasteiger partial charge is 0.351 e. The summed E-state index contributed by atoms with van der Waals surface area (Å²) in [4.78, 5) is 20.6. The minimum atomic E-state index is 0.0304. The van der Waals surface area contributed by atoms with Gasteiger partial charge in [-0.3, -0.25) is 9.20 Å². The Morgan fingerprint density at radius 1 is 1.06 bits per heavy atom. The van der Waals surface area contributed by atoms with E-state index in [1.165, 1.54) is 43.1 Å². The van der Waals surface area contributed by atoms with Gasteiger partial charge in [-0.15, -0.1) is 0 Å². The number of amides is 1. The van der Waals surface area contributed by atoms with Crippen LogP contribution in [0.25, 0.3) is 11.7 Å². The van der Waals surface area contributed by atoms with Gasteiger partial charge in [0.2, 0.25) is 0 Å². The van der Waals surface area contributed by atoms with Crippen molar-refractivity contribution in [3.8, 4) is 0 Å². The van der Waals surface area contributed by atoms with E-state index in [1.54, 1.807) is 0 Å². The van der Waals surface area contributed by atoms with Crippen LogP contribution in [0.15, 0.2) is 64.7 Å². The maximum atomic E-state index is 12.8. The fraction of sp³-hybridized carbons (Fsp3) is 0.385. The van der Waals surface area contributed by atoms with Crippen LogP contribution in [0.3, 0.4) is 0 Å². The Labute approximate surface area is 193 Å². The number of nitrogens with one attached hydrogen (secondary N) is 1. The number of hydrogen-bond donors (Lipinski definition) is 1. The lowest BCUT2D eigenvalue weighted by atomic mass is 9.96. The van der Waals surface area contributed by atoms with Gasteiger partial charge < -0.3 is 10.2 Å². The Morgan fingerprint density at radius 3 is 2.75 bits per heavy atom. The van der Waals surface area contributed by atoms with Crippen molar-refractivity contribution in [2.75, 3.05) is 26.2 Å². The summed E-state index contributed by atoms with van der Waals surface area (Å²) in [6.07, 6.45) is 9.79. The zero-order chi connectivity index (χ0) is 21.8. The number of piperidine rings is 1. The molecule has 1 aromatic carbocycles. The summed E-state index contributed by atoms with van der Waals surface area (Å²) in [6, 6.07) is 16.8. The first kappa shape index (κ1) is 21.3. The second-order valence-corrected chi connectivity index (χ2v) is 9.85. The SMILES string of the molecule is O=C(NCC1CCN(CCCCc2ccccc2)CC1)C1=Cc2cnc3cccc(n23)S1. The Balaban J connectivity index is 1.03. The molecule has 2 aliphatic rings. The highest BCUT2D eigenvalue weighted by atomic mass is 32.2. The summed E-state index contributed by atoms with van der Waals surface area (Å²) in [5.41, 5.74) is 3.34. The highest BCUT2D eigenvalue weighted by Gasteiger charge is 2.22. The molecular formula is C26H30N4OS. The first-order valence-corrected chi connectivity index (χ1v) is 12.5. The molecule has 0 spiro atoms. The molecule has 32 heavy (non-hydrogen) atoms. The molecule has 0 atom stereocenters. The predicted octanol–water partition coefficient (Wildman–Crippen LogP) is 4.63. The van der Waals surface area contributed by atoms with E-state index in [1.807, 2.05) is 30.5 Å². The monoisotopic (exact) mass is 446 g/mol. The maximum absolute atomic E-state index is 12.8. The Hall–Kier alpha value is -2.57. The van der Waals surface area contributed by atoms with E-state index in [-0.39, 0.29) is 5.91 Å². The molecule has 5 nitrogen and oxygen atoms in total. The number of unbranched alkanes of at least 4 members (excludes halogenated alkanes) is 1. The number of likely N-dealkylation sites (tertiary alicyclic amines) is 1. The fourth-order valence-corrected chi connectivity index (χ4v) is 5.65. The molecule has 0 aliphatic carbocycles. The van der Waals surface area contributed by atoms with Crippen LogP contribution in [0.2, 0.25) is 0 Å². The topological polar surface area (TPSA) is 49.6 Å². The molecule has 1 fully saturated rings. The second kappa shape index (κ2) is 9.92. The van der Waals surface area contributed by atoms with Crippen molar-refractivity contribution < 1.29 is 4.79 Å². The Kier molecular flexibility index (Phi) is 6.60. The molecule has 2 aromatic heterocycles. The molecule has 1 saturated heterocycles. The van der Waals surface area contributed by atoms with Gasteiger partial charge >= 0.3 is 0 Å². The van der Waals surface area contributed by atoms with Gasteiger partial charge in [0.1, 0.15) is 5.65 Å². The van der Waals surface area contributed by atoms with Crippen molar-refractivity contribution in [3.05, 3.63) is 70.9 Å². The zero-order valence-corrected chi connectivity index (χ0v) is 19.2. The quantitative estimate of drug-likeness (QED) is 0.513. The number of benzene rings is 1. The summed E-state index contributed by atoms with van der Waals surface area (Å²) in [5, 5.41) is 4.23. The van der Waals surface area contributed by atoms with Crippen molar-refractivity contribution in [1.82, 2.24) is 19.6 Å². The van der Waals surface area contributed by atoms with E-state index in [4.69, 9.17) is 0 Å². The minimum Gasteiger partial charge on any atom is -0.351 e. The summed E-state index contributed by atoms with van der Waals surface area (Å²) in [6.45, 7) is 4.24. The average molecular weight is 447 g/mol. The van der Waals surface area contributed by atoms with E-state index >= 15 is 0 Å². The number of nitrogens with zero attached hydrogens (tertiary/aromatic N) is 3. The average Bonchev–Trinajstić information content (AvgIpc) is 3.26. The Morgan fingerprint density at radius 2 is 1.91 bits per heavy atom. The number of pyridine rings is 1. The molecule has 0 unspecified atom stereocenters. The molecule has 3 aromatic rings. The van der Waals surface area contributed by atoms with Crippen molar-refractivity contribution in [3.63, 3.8) is 0 Å². The van der Waals surface area contributed by atoms with E-state index in [2.05, 4.69) is 49.9 Å². The predicted molar refractivity (Wildman–Crippen MR) is 131 cm³/mol. The molecule has 4 heterocycles. The first-order valence-electron chi connectivity index (χ1n) is 11.7. The van der Waals surface area contributed by atoms with Crippen LogP contribution in [0.5, 0.6) is 0 Å². The van der Waals surface area contributed by atoms with Gasteiger partial charge in [-0.2, -0.15) is 0 Å². The van der Waals surface area contributed by atoms with Crippen LogP contribution < -0.4 is 5.32 Å². The molecule has 5 rings (SSSR count). The van der Waals surface area contributed by atoms with Crippen molar-refractivity contribution in [2.45, 2.75) is 37.1 Å². The van der Waals surface area contributed by atoms with Gasteiger partial charge in [-0.25, -0.2) is 4.98 Å². The lowest BCUT2D eigenvalue weighted by Crippen LogP contribution is -2.39. The molecular weight excluding hydrogens is 416 g/mol. The molecule has 0 bridgehead atoms. The summed E-state index contributed by atoms with van der Waals surface area (Å²) in [7, 11) is 0. The number of rotatable bonds is 8. The highest BCUT2D eigenvalue weighted by molar-refractivity contribution is 8.04. The molecule has 0 radical (unpaired) electrons. The first-order chi connectivity index (χ1) is 15.8. The molecule has 6 heteroatoms. The van der Waals surface area contributed by atoms with Gasteiger partial charge in [0.05, 0.1) is 21.8 Å². The van der Waals surface area contributed by atoms with Crippen LogP contribution in [0.4, 0.5) is 0 Å². The third-order valence-corrected chi connectivity index (χ3v) is 7.58. The van der Waals surface area contributed by atoms with Crippen molar-refractivity contribution in [2.24, 2.45) is 5.92 Å². The number of hydrogen-bond acceptors (Lipinski definition) is 4. The minimum absolute atomic E-state index is 0.0304. The van der Waals surface area contributed by atoms with Gasteiger partial charge in [0.15, 0.2) is 0 Å². The number of aromatic nitrogens is 2. The van der Waals surface area contributed by atoms with Crippen LogP contribution in [0, 0.1) is 5.92 Å². The smallest absolute Gasteiger partial charge is 0.258 e. The van der Waals surface area contributed by atoms with Crippen molar-refractivity contribution in [1.29, 1.82) is 0 Å². The fourth-order valence-electron chi connectivity index (χ4n) is 4.65. The van der Waals surface area contributed by atoms with E-state index in [9.17, 15) is 4.79 Å². The molecule has 1 N–H and O–H groups in total. The van der Waals surface area contributed by atoms with E-state index in [0.29, 0.717) is 5.92 Å². The van der Waals surface area contributed by atoms with Crippen LogP contribution in [-0.4, -0.2) is 46.4 Å². The van der Waals surface area contributed by atoms with Crippen LogP contribution in [0.1, 0.15) is 36.9 Å². The van der Waals surface area contributed by atoms with E-state index < -0.39 is 0 Å². The molecule has 166 valence electrons. The number of aryl methyl sites for hydroxylation is 1. The van der Waals surface area contributed by atoms with Crippen LogP contribution >= 0.6 is 11.8 Å². The lowest BCUT2D eigenvalue weighted by Gasteiger charge is -2.32. The Bertz CT molecular complexity index is 1100. The van der Waals surface area contributed by atoms with Gasteiger partial charge in [-0.05, 0) is 81.4 Å². The summed E-state index contributed by atoms with van der Waals surface area (Å²) in [5.74, 6) is 0.602. The number of thioether (sulfide) groups is 1. The third kappa shape index (κ3) is 4.92. The maximum Gasteiger partial charge on any atom is 0.258 e. The third-order valence-electron chi connectivity index (χ3n) is 6.53. The lowest BCUT2D eigenvalue weighted by molar-refractivity contribution is -0.117. The second-order valence-electron chi connectivity index (χ2n) is 8.79. The molecule has 2 aliphatic heterocycles. The number of carbonyl (C=O) groups excluding carboxylic acids is 1. The normalized spacial score (nSPS) is 16.8. The number of imidazole rings is 1. The standard InChI is InChI=1S/C26H30N4OS/c31-26(23-17-22-19-27-24-10-6-11-25(32-23)30(22)24)28-18-21-12-15-29(16-13-21)14-5-4-9-20-7-2-1-3-8-20/h1-3,6-8,10-11,17,19,21H,4-5,9,12-16,18H2,(H,28,31). The van der Waals surface area contributed by atoms with Crippen molar-refractivity contribution >= 4 is 29.4 Å². The van der Waals surface area contributed by atoms with Gasteiger partial charge in [0.25, 0.3) is 5.91 Å². The summed E-state index contributed by atoms with van der Waals surface area (Å²) >= 11 is 1.52. The number of carbonyl (C=O) groups is 1. The highest BCUT2D eigenvalue weighted by Crippen LogP contribution is 2.34. The van der Waals surface area contributed by atoms with E-state index in [0.717, 1.165) is 53.7 Å². The zero-order valence-electron chi connectivity index (χ0n) is 18.4. The summed E-state index contributed by atoms with van der Waals surface area (Å²) < 4.78 is 2.09. The molecule has 0 saturated carbocycles.